The third-order valence-corrected chi connectivity index (χ3v) is 1.50. The van der Waals surface area contributed by atoms with E-state index in [-0.39, 0.29) is 0 Å². The molecule has 1 rings (SSSR count). The fourth-order valence-electron chi connectivity index (χ4n) is 0.846. The van der Waals surface area contributed by atoms with E-state index in [0.717, 1.165) is 12.0 Å². The summed E-state index contributed by atoms with van der Waals surface area (Å²) in [6.45, 7) is 2.11. The molecule has 50 valence electrons. The zero-order chi connectivity index (χ0) is 7.40. The highest BCUT2D eigenvalue weighted by Gasteiger charge is 1.90. The Morgan fingerprint density at radius 2 is 2.10 bits per heavy atom. The van der Waals surface area contributed by atoms with Crippen molar-refractivity contribution in [2.24, 2.45) is 0 Å². The molecule has 0 aromatic carbocycles. The summed E-state index contributed by atoms with van der Waals surface area (Å²) in [4.78, 5) is 4.05. The molecule has 0 unspecified atom stereocenters. The van der Waals surface area contributed by atoms with Crippen molar-refractivity contribution in [2.45, 2.75) is 19.7 Å². The van der Waals surface area contributed by atoms with Crippen molar-refractivity contribution >= 4 is 7.85 Å². The van der Waals surface area contributed by atoms with Crippen LogP contribution in [0.4, 0.5) is 0 Å². The minimum Gasteiger partial charge on any atom is -0.264 e. The van der Waals surface area contributed by atoms with Gasteiger partial charge >= 0.3 is 0 Å². The summed E-state index contributed by atoms with van der Waals surface area (Å²) in [7, 11) is 5.43. The van der Waals surface area contributed by atoms with Crippen LogP contribution in [0, 0.1) is 0 Å². The lowest BCUT2D eigenvalue weighted by molar-refractivity contribution is 1.08. The van der Waals surface area contributed by atoms with Crippen LogP contribution in [0.2, 0.25) is 0 Å². The van der Waals surface area contributed by atoms with Gasteiger partial charge in [0.25, 0.3) is 0 Å². The maximum Gasteiger partial charge on any atom is 0.0717 e. The quantitative estimate of drug-likeness (QED) is 0.551. The molecule has 0 spiro atoms. The molecule has 0 fully saturated rings. The molecule has 0 aliphatic rings. The molecule has 0 atom stereocenters. The molecule has 2 heteroatoms. The largest absolute Gasteiger partial charge is 0.264 e. The van der Waals surface area contributed by atoms with Crippen LogP contribution in [0.1, 0.15) is 18.1 Å². The Morgan fingerprint density at radius 3 is 2.70 bits per heavy atom. The smallest absolute Gasteiger partial charge is 0.0717 e. The third kappa shape index (κ3) is 1.60. The molecule has 0 saturated carbocycles. The van der Waals surface area contributed by atoms with Crippen LogP contribution in [0.25, 0.3) is 0 Å². The van der Waals surface area contributed by atoms with E-state index in [1.54, 1.807) is 6.20 Å². The Labute approximate surface area is 62.9 Å². The summed E-state index contributed by atoms with van der Waals surface area (Å²) in [6, 6.07) is 2.09. The van der Waals surface area contributed by atoms with Gasteiger partial charge in [0.15, 0.2) is 0 Å². The topological polar surface area (TPSA) is 12.9 Å². The fourth-order valence-corrected chi connectivity index (χ4v) is 0.846. The highest BCUT2D eigenvalue weighted by Crippen LogP contribution is 2.02. The van der Waals surface area contributed by atoms with Crippen molar-refractivity contribution in [3.05, 3.63) is 29.6 Å². The first-order valence-corrected chi connectivity index (χ1v) is 3.49. The lowest BCUT2D eigenvalue weighted by Gasteiger charge is -1.97. The summed E-state index contributed by atoms with van der Waals surface area (Å²) < 4.78 is 0. The number of rotatable bonds is 2. The summed E-state index contributed by atoms with van der Waals surface area (Å²) >= 11 is 0. The van der Waals surface area contributed by atoms with Crippen LogP contribution in [-0.4, -0.2) is 12.8 Å². The number of nitrogens with zero attached hydrogens (tertiary/aromatic N) is 1. The number of aryl methyl sites for hydroxylation is 1. The average Bonchev–Trinajstić information content (AvgIpc) is 2.05. The molecule has 1 nitrogen and oxygen atoms in total. The summed E-state index contributed by atoms with van der Waals surface area (Å²) in [5.74, 6) is 0. The van der Waals surface area contributed by atoms with Crippen LogP contribution in [0.15, 0.2) is 18.5 Å². The molecule has 10 heavy (non-hydrogen) atoms. The molecule has 1 aromatic rings. The molecule has 1 aromatic heterocycles. The first-order valence-electron chi connectivity index (χ1n) is 3.49. The summed E-state index contributed by atoms with van der Waals surface area (Å²) in [5.41, 5.74) is 2.36. The summed E-state index contributed by atoms with van der Waals surface area (Å²) in [6.07, 6.45) is 5.29. The van der Waals surface area contributed by atoms with Crippen LogP contribution < -0.4 is 0 Å². The SMILES string of the molecule is [B]Cc1cncc(CC)c1. The van der Waals surface area contributed by atoms with Gasteiger partial charge in [0, 0.05) is 12.4 Å². The van der Waals surface area contributed by atoms with Gasteiger partial charge in [-0.1, -0.05) is 19.3 Å². The van der Waals surface area contributed by atoms with E-state index < -0.39 is 0 Å². The van der Waals surface area contributed by atoms with E-state index >= 15 is 0 Å². The third-order valence-electron chi connectivity index (χ3n) is 1.50. The molecule has 0 amide bonds. The minimum absolute atomic E-state index is 0.584. The van der Waals surface area contributed by atoms with E-state index in [4.69, 9.17) is 7.85 Å². The molecular weight excluding hydrogens is 121 g/mol. The molecule has 0 aliphatic carbocycles. The zero-order valence-electron chi connectivity index (χ0n) is 6.17. The fraction of sp³-hybridized carbons (Fsp3) is 0.375. The van der Waals surface area contributed by atoms with Gasteiger partial charge < -0.3 is 0 Å². The summed E-state index contributed by atoms with van der Waals surface area (Å²) in [5, 5.41) is 0. The Kier molecular flexibility index (Phi) is 2.49. The van der Waals surface area contributed by atoms with E-state index in [0.29, 0.717) is 6.32 Å². The van der Waals surface area contributed by atoms with Gasteiger partial charge in [-0.15, -0.1) is 0 Å². The second kappa shape index (κ2) is 3.40. The van der Waals surface area contributed by atoms with Crippen molar-refractivity contribution in [1.82, 2.24) is 4.98 Å². The van der Waals surface area contributed by atoms with Crippen LogP contribution in [-0.2, 0) is 12.7 Å². The van der Waals surface area contributed by atoms with Gasteiger partial charge in [0.1, 0.15) is 0 Å². The average molecular weight is 131 g/mol. The lowest BCUT2D eigenvalue weighted by Crippen LogP contribution is -1.88. The minimum atomic E-state index is 0.584. The van der Waals surface area contributed by atoms with Gasteiger partial charge in [-0.3, -0.25) is 4.98 Å². The van der Waals surface area contributed by atoms with Gasteiger partial charge in [-0.2, -0.15) is 0 Å². The van der Waals surface area contributed by atoms with Gasteiger partial charge in [-0.25, -0.2) is 0 Å². The van der Waals surface area contributed by atoms with Crippen molar-refractivity contribution in [2.75, 3.05) is 0 Å². The zero-order valence-corrected chi connectivity index (χ0v) is 6.17. The number of aromatic nitrogens is 1. The van der Waals surface area contributed by atoms with E-state index in [2.05, 4.69) is 18.0 Å². The maximum absolute atomic E-state index is 5.43. The molecule has 0 N–H and O–H groups in total. The highest BCUT2D eigenvalue weighted by atomic mass is 14.6. The normalized spacial score (nSPS) is 9.70. The second-order valence-electron chi connectivity index (χ2n) is 2.26. The van der Waals surface area contributed by atoms with Crippen LogP contribution >= 0.6 is 0 Å². The van der Waals surface area contributed by atoms with Crippen molar-refractivity contribution in [3.63, 3.8) is 0 Å². The van der Waals surface area contributed by atoms with Crippen molar-refractivity contribution in [3.8, 4) is 0 Å². The second-order valence-corrected chi connectivity index (χ2v) is 2.26. The predicted molar refractivity (Wildman–Crippen MR) is 43.1 cm³/mol. The van der Waals surface area contributed by atoms with Gasteiger partial charge in [-0.05, 0) is 17.5 Å². The molecule has 0 bridgehead atoms. The standard InChI is InChI=1S/C8H10BN/c1-2-7-3-8(4-9)6-10-5-7/h3,5-6H,2,4H2,1H3. The van der Waals surface area contributed by atoms with E-state index in [1.807, 2.05) is 6.20 Å². The molecule has 0 saturated heterocycles. The highest BCUT2D eigenvalue weighted by molar-refractivity contribution is 6.08. The van der Waals surface area contributed by atoms with Crippen LogP contribution in [0.5, 0.6) is 0 Å². The van der Waals surface area contributed by atoms with Gasteiger partial charge in [0.05, 0.1) is 7.85 Å². The number of pyridine rings is 1. The molecule has 1 heterocycles. The predicted octanol–water partition coefficient (Wildman–Crippen LogP) is 1.31. The number of hydrogen-bond acceptors (Lipinski definition) is 1. The van der Waals surface area contributed by atoms with Crippen molar-refractivity contribution < 1.29 is 0 Å². The van der Waals surface area contributed by atoms with E-state index in [9.17, 15) is 0 Å². The monoisotopic (exact) mass is 131 g/mol. The Hall–Kier alpha value is -0.785. The Bertz CT molecular complexity index is 191. The lowest BCUT2D eigenvalue weighted by atomic mass is 9.97. The molecular formula is C8H10BN. The maximum atomic E-state index is 5.43. The molecule has 0 aliphatic heterocycles. The van der Waals surface area contributed by atoms with Gasteiger partial charge in [0.2, 0.25) is 0 Å². The molecule has 2 radical (unpaired) electrons. The first-order chi connectivity index (χ1) is 4.86. The number of hydrogen-bond donors (Lipinski definition) is 0. The van der Waals surface area contributed by atoms with Crippen molar-refractivity contribution in [1.29, 1.82) is 0 Å². The Balaban J connectivity index is 2.87. The van der Waals surface area contributed by atoms with Crippen LogP contribution in [0.3, 0.4) is 0 Å². The van der Waals surface area contributed by atoms with E-state index in [1.165, 1.54) is 5.56 Å². The first kappa shape index (κ1) is 7.32. The Morgan fingerprint density at radius 1 is 1.40 bits per heavy atom.